The summed E-state index contributed by atoms with van der Waals surface area (Å²) in [5, 5.41) is 19.9. The van der Waals surface area contributed by atoms with Crippen LogP contribution in [0.5, 0.6) is 0 Å². The maximum Gasteiger partial charge on any atom is 0.293 e. The number of hydrogen-bond acceptors (Lipinski definition) is 6. The standard InChI is InChI=1S/C18H23N5O3/c1-12(2)10-21-11-19-20-18(21)16-5-4-8-22(16)15-7-6-14(13(3)24)9-17(15)23(25)26/h6-7,9,11-12,16H,4-5,8,10H2,1-3H3. The summed E-state index contributed by atoms with van der Waals surface area (Å²) in [4.78, 5) is 24.8. The van der Waals surface area contributed by atoms with E-state index in [-0.39, 0.29) is 17.5 Å². The number of hydrogen-bond donors (Lipinski definition) is 0. The van der Waals surface area contributed by atoms with Gasteiger partial charge in [-0.25, -0.2) is 0 Å². The van der Waals surface area contributed by atoms with Gasteiger partial charge in [0.05, 0.1) is 11.0 Å². The smallest absolute Gasteiger partial charge is 0.293 e. The Bertz CT molecular complexity index is 830. The molecule has 1 saturated heterocycles. The van der Waals surface area contributed by atoms with E-state index in [1.165, 1.54) is 13.0 Å². The van der Waals surface area contributed by atoms with E-state index in [0.29, 0.717) is 23.7 Å². The van der Waals surface area contributed by atoms with Gasteiger partial charge in [0.15, 0.2) is 11.6 Å². The van der Waals surface area contributed by atoms with Crippen molar-refractivity contribution in [2.24, 2.45) is 5.92 Å². The zero-order valence-electron chi connectivity index (χ0n) is 15.3. The van der Waals surface area contributed by atoms with Crippen LogP contribution in [0.4, 0.5) is 11.4 Å². The number of anilines is 1. The van der Waals surface area contributed by atoms with Crippen LogP contribution in [0.2, 0.25) is 0 Å². The van der Waals surface area contributed by atoms with E-state index in [1.54, 1.807) is 18.5 Å². The second kappa shape index (κ2) is 7.23. The van der Waals surface area contributed by atoms with Crippen molar-refractivity contribution in [2.45, 2.75) is 46.2 Å². The Morgan fingerprint density at radius 1 is 1.42 bits per heavy atom. The molecule has 8 nitrogen and oxygen atoms in total. The van der Waals surface area contributed by atoms with Crippen LogP contribution in [0, 0.1) is 16.0 Å². The van der Waals surface area contributed by atoms with Gasteiger partial charge in [-0.15, -0.1) is 10.2 Å². The fraction of sp³-hybridized carbons (Fsp3) is 0.500. The highest BCUT2D eigenvalue weighted by atomic mass is 16.6. The topological polar surface area (TPSA) is 94.2 Å². The molecule has 1 aliphatic rings. The van der Waals surface area contributed by atoms with Gasteiger partial charge < -0.3 is 9.47 Å². The van der Waals surface area contributed by atoms with Gasteiger partial charge in [0.2, 0.25) is 0 Å². The van der Waals surface area contributed by atoms with Crippen molar-refractivity contribution in [1.82, 2.24) is 14.8 Å². The summed E-state index contributed by atoms with van der Waals surface area (Å²) >= 11 is 0. The van der Waals surface area contributed by atoms with Gasteiger partial charge in [0.25, 0.3) is 5.69 Å². The molecule has 2 aromatic rings. The van der Waals surface area contributed by atoms with Gasteiger partial charge >= 0.3 is 0 Å². The Morgan fingerprint density at radius 3 is 2.85 bits per heavy atom. The molecule has 0 aliphatic carbocycles. The molecule has 1 atom stereocenters. The summed E-state index contributed by atoms with van der Waals surface area (Å²) in [7, 11) is 0. The normalized spacial score (nSPS) is 17.1. The first-order valence-corrected chi connectivity index (χ1v) is 8.82. The number of nitro groups is 1. The molecule has 8 heteroatoms. The van der Waals surface area contributed by atoms with Crippen LogP contribution in [0.15, 0.2) is 24.5 Å². The summed E-state index contributed by atoms with van der Waals surface area (Å²) < 4.78 is 2.03. The number of benzene rings is 1. The molecule has 1 fully saturated rings. The highest BCUT2D eigenvalue weighted by molar-refractivity contribution is 5.95. The Morgan fingerprint density at radius 2 is 2.19 bits per heavy atom. The second-order valence-corrected chi connectivity index (χ2v) is 7.10. The lowest BCUT2D eigenvalue weighted by Gasteiger charge is -2.26. The first-order chi connectivity index (χ1) is 12.4. The zero-order valence-corrected chi connectivity index (χ0v) is 15.3. The van der Waals surface area contributed by atoms with Gasteiger partial charge in [-0.3, -0.25) is 14.9 Å². The molecular formula is C18H23N5O3. The van der Waals surface area contributed by atoms with Crippen molar-refractivity contribution < 1.29 is 9.72 Å². The van der Waals surface area contributed by atoms with E-state index in [4.69, 9.17) is 0 Å². The first kappa shape index (κ1) is 18.0. The maximum absolute atomic E-state index is 11.6. The van der Waals surface area contributed by atoms with E-state index in [9.17, 15) is 14.9 Å². The average molecular weight is 357 g/mol. The highest BCUT2D eigenvalue weighted by Crippen LogP contribution is 2.40. The molecule has 2 heterocycles. The third kappa shape index (κ3) is 3.44. The Kier molecular flexibility index (Phi) is 5.01. The van der Waals surface area contributed by atoms with Crippen LogP contribution in [-0.4, -0.2) is 32.0 Å². The van der Waals surface area contributed by atoms with Crippen LogP contribution in [0.3, 0.4) is 0 Å². The molecule has 1 unspecified atom stereocenters. The molecule has 0 N–H and O–H groups in total. The number of nitrogens with zero attached hydrogens (tertiary/aromatic N) is 5. The minimum Gasteiger partial charge on any atom is -0.356 e. The first-order valence-electron chi connectivity index (χ1n) is 8.82. The predicted molar refractivity (Wildman–Crippen MR) is 97.3 cm³/mol. The lowest BCUT2D eigenvalue weighted by Crippen LogP contribution is -2.26. The molecule has 0 saturated carbocycles. The quantitative estimate of drug-likeness (QED) is 0.447. The van der Waals surface area contributed by atoms with E-state index < -0.39 is 4.92 Å². The van der Waals surface area contributed by atoms with E-state index in [2.05, 4.69) is 24.0 Å². The van der Waals surface area contributed by atoms with Crippen LogP contribution in [-0.2, 0) is 6.54 Å². The number of nitro benzene ring substituents is 1. The maximum atomic E-state index is 11.6. The third-order valence-corrected chi connectivity index (χ3v) is 4.65. The van der Waals surface area contributed by atoms with Crippen molar-refractivity contribution in [2.75, 3.05) is 11.4 Å². The Hall–Kier alpha value is -2.77. The van der Waals surface area contributed by atoms with Gasteiger partial charge in [-0.1, -0.05) is 13.8 Å². The molecule has 26 heavy (non-hydrogen) atoms. The fourth-order valence-electron chi connectivity index (χ4n) is 3.51. The zero-order chi connectivity index (χ0) is 18.8. The van der Waals surface area contributed by atoms with Crippen molar-refractivity contribution in [3.05, 3.63) is 46.0 Å². The summed E-state index contributed by atoms with van der Waals surface area (Å²) in [5.41, 5.74) is 0.834. The monoisotopic (exact) mass is 357 g/mol. The average Bonchev–Trinajstić information content (AvgIpc) is 3.22. The molecule has 0 radical (unpaired) electrons. The molecule has 3 rings (SSSR count). The summed E-state index contributed by atoms with van der Waals surface area (Å²) in [6, 6.07) is 4.64. The highest BCUT2D eigenvalue weighted by Gasteiger charge is 2.34. The van der Waals surface area contributed by atoms with Crippen molar-refractivity contribution in [3.8, 4) is 0 Å². The van der Waals surface area contributed by atoms with Crippen LogP contribution >= 0.6 is 0 Å². The van der Waals surface area contributed by atoms with Crippen LogP contribution in [0.1, 0.15) is 55.8 Å². The van der Waals surface area contributed by atoms with E-state index >= 15 is 0 Å². The molecule has 138 valence electrons. The van der Waals surface area contributed by atoms with E-state index in [0.717, 1.165) is 25.2 Å². The van der Waals surface area contributed by atoms with Crippen LogP contribution < -0.4 is 4.90 Å². The van der Waals surface area contributed by atoms with Gasteiger partial charge in [0, 0.05) is 24.7 Å². The van der Waals surface area contributed by atoms with Crippen molar-refractivity contribution >= 4 is 17.2 Å². The molecule has 1 aromatic heterocycles. The molecule has 1 aromatic carbocycles. The fourth-order valence-corrected chi connectivity index (χ4v) is 3.51. The number of ketones is 1. The van der Waals surface area contributed by atoms with Crippen molar-refractivity contribution in [1.29, 1.82) is 0 Å². The lowest BCUT2D eigenvalue weighted by atomic mass is 10.1. The minimum atomic E-state index is -0.421. The second-order valence-electron chi connectivity index (χ2n) is 7.10. The number of rotatable bonds is 6. The number of aromatic nitrogens is 3. The molecular weight excluding hydrogens is 334 g/mol. The molecule has 0 spiro atoms. The summed E-state index contributed by atoms with van der Waals surface area (Å²) in [6.45, 7) is 7.17. The van der Waals surface area contributed by atoms with Crippen LogP contribution in [0.25, 0.3) is 0 Å². The number of carbonyl (C=O) groups is 1. The predicted octanol–water partition coefficient (Wildman–Crippen LogP) is 3.39. The van der Waals surface area contributed by atoms with Crippen molar-refractivity contribution in [3.63, 3.8) is 0 Å². The number of Topliss-reactive ketones (excluding diaryl/α,β-unsaturated/α-hetero) is 1. The third-order valence-electron chi connectivity index (χ3n) is 4.65. The summed E-state index contributed by atoms with van der Waals surface area (Å²) in [6.07, 6.45) is 3.51. The van der Waals surface area contributed by atoms with Gasteiger partial charge in [-0.05, 0) is 37.8 Å². The molecule has 1 aliphatic heterocycles. The van der Waals surface area contributed by atoms with E-state index in [1.807, 2.05) is 9.47 Å². The summed E-state index contributed by atoms with van der Waals surface area (Å²) in [5.74, 6) is 1.10. The lowest BCUT2D eigenvalue weighted by molar-refractivity contribution is -0.384. The Balaban J connectivity index is 2.00. The molecule has 0 bridgehead atoms. The minimum absolute atomic E-state index is 0.0421. The van der Waals surface area contributed by atoms with Gasteiger partial charge in [0.1, 0.15) is 12.0 Å². The SMILES string of the molecule is CC(=O)c1ccc(N2CCCC2c2nncn2CC(C)C)c([N+](=O)[O-])c1. The largest absolute Gasteiger partial charge is 0.356 e. The Labute approximate surface area is 152 Å². The number of carbonyl (C=O) groups excluding carboxylic acids is 1. The van der Waals surface area contributed by atoms with Gasteiger partial charge in [-0.2, -0.15) is 0 Å². The molecule has 0 amide bonds.